The topological polar surface area (TPSA) is 9.86 Å². The predicted octanol–water partition coefficient (Wildman–Crippen LogP) is 24.5. The van der Waals surface area contributed by atoms with Gasteiger partial charge < -0.3 is 9.13 Å². The molecule has 2 nitrogen and oxygen atoms in total. The number of aromatic nitrogens is 2. The quantitative estimate of drug-likeness (QED) is 0.134. The molecule has 0 radical (unpaired) electrons. The van der Waals surface area contributed by atoms with E-state index in [1.807, 2.05) is 0 Å². The van der Waals surface area contributed by atoms with Crippen molar-refractivity contribution in [3.8, 4) is 55.9 Å². The van der Waals surface area contributed by atoms with E-state index in [1.54, 1.807) is 0 Å². The van der Waals surface area contributed by atoms with Crippen LogP contribution in [0.3, 0.4) is 0 Å². The zero-order valence-corrected chi connectivity index (χ0v) is 51.9. The van der Waals surface area contributed by atoms with Gasteiger partial charge >= 0.3 is 0 Å². The summed E-state index contributed by atoms with van der Waals surface area (Å²) in [6.07, 6.45) is 9.16. The van der Waals surface area contributed by atoms with E-state index in [9.17, 15) is 0 Å². The lowest BCUT2D eigenvalue weighted by molar-refractivity contribution is 0.793. The summed E-state index contributed by atoms with van der Waals surface area (Å²) >= 11 is 0. The smallest absolute Gasteiger partial charge is 0.0725 e. The Hall–Kier alpha value is -12.4. The van der Waals surface area contributed by atoms with Gasteiger partial charge in [0, 0.05) is 32.9 Å². The monoisotopic (exact) mass is 1200 g/mol. The molecular formula is C93H58N2. The van der Waals surface area contributed by atoms with E-state index in [0.29, 0.717) is 0 Å². The van der Waals surface area contributed by atoms with Gasteiger partial charge in [-0.1, -0.05) is 255 Å². The molecule has 0 unspecified atom stereocenters. The first-order chi connectivity index (χ1) is 47.0. The first-order valence-corrected chi connectivity index (χ1v) is 33.0. The van der Waals surface area contributed by atoms with E-state index in [2.05, 4.69) is 361 Å². The van der Waals surface area contributed by atoms with Gasteiger partial charge in [0.15, 0.2) is 0 Å². The SMILES string of the molecule is C(=Cc1ccc2cc(-c3ccc4c(c3)c3ccccc3n4-c3ccc4ccccc4c3)ccc2c1)c1ccc2c(c1)C1(c3ccccc3-c3ccccc31)c1cc(C=Cc3ccc4cc(-c5ccc6c(c5)c5ccccc5n6-c5ccc6ccccc6c5)ccc4c3)ccc1-2. The molecular weight excluding hydrogens is 1150 g/mol. The predicted molar refractivity (Wildman–Crippen MR) is 403 cm³/mol. The van der Waals surface area contributed by atoms with Gasteiger partial charge in [0.25, 0.3) is 0 Å². The molecule has 0 aliphatic heterocycles. The molecule has 0 saturated heterocycles. The lowest BCUT2D eigenvalue weighted by Crippen LogP contribution is -2.26. The molecule has 0 fully saturated rings. The van der Waals surface area contributed by atoms with Crippen LogP contribution in [0.4, 0.5) is 0 Å². The van der Waals surface area contributed by atoms with Crippen molar-refractivity contribution in [1.29, 1.82) is 0 Å². The van der Waals surface area contributed by atoms with Crippen LogP contribution >= 0.6 is 0 Å². The van der Waals surface area contributed by atoms with Crippen LogP contribution in [0.2, 0.25) is 0 Å². The second-order valence-corrected chi connectivity index (χ2v) is 26.0. The molecule has 2 heteroatoms. The highest BCUT2D eigenvalue weighted by atomic mass is 15.0. The molecule has 0 N–H and O–H groups in total. The fourth-order valence-electron chi connectivity index (χ4n) is 16.4. The zero-order valence-electron chi connectivity index (χ0n) is 51.9. The van der Waals surface area contributed by atoms with Crippen LogP contribution in [0.1, 0.15) is 44.5 Å². The van der Waals surface area contributed by atoms with E-state index in [4.69, 9.17) is 0 Å². The largest absolute Gasteiger partial charge is 0.309 e. The Balaban J connectivity index is 0.597. The number of rotatable bonds is 8. The normalized spacial score (nSPS) is 13.1. The Bertz CT molecular complexity index is 5970. The second-order valence-electron chi connectivity index (χ2n) is 26.0. The van der Waals surface area contributed by atoms with Crippen molar-refractivity contribution in [3.05, 3.63) is 372 Å². The Morgan fingerprint density at radius 2 is 0.526 bits per heavy atom. The third kappa shape index (κ3) is 8.31. The van der Waals surface area contributed by atoms with E-state index in [1.165, 1.54) is 187 Å². The van der Waals surface area contributed by atoms with Crippen molar-refractivity contribution >= 4 is 111 Å². The summed E-state index contributed by atoms with van der Waals surface area (Å²) in [5, 5.41) is 14.9. The number of nitrogens with zero attached hydrogens (tertiary/aromatic N) is 2. The summed E-state index contributed by atoms with van der Waals surface area (Å²) in [4.78, 5) is 0. The van der Waals surface area contributed by atoms with Gasteiger partial charge in [0.2, 0.25) is 0 Å². The minimum atomic E-state index is -0.482. The summed E-state index contributed by atoms with van der Waals surface area (Å²) in [6.45, 7) is 0. The lowest BCUT2D eigenvalue weighted by Gasteiger charge is -2.30. The molecule has 95 heavy (non-hydrogen) atoms. The lowest BCUT2D eigenvalue weighted by atomic mass is 9.70. The molecule has 0 atom stereocenters. The second kappa shape index (κ2) is 20.8. The van der Waals surface area contributed by atoms with Crippen LogP contribution in [0, 0.1) is 0 Å². The van der Waals surface area contributed by atoms with Gasteiger partial charge in [-0.25, -0.2) is 0 Å². The number of para-hydroxylation sites is 2. The number of fused-ring (bicyclic) bond motifs is 20. The van der Waals surface area contributed by atoms with Crippen LogP contribution in [0.25, 0.3) is 167 Å². The van der Waals surface area contributed by atoms with Gasteiger partial charge in [-0.2, -0.15) is 0 Å². The van der Waals surface area contributed by atoms with Crippen molar-refractivity contribution < 1.29 is 0 Å². The van der Waals surface area contributed by atoms with Crippen LogP contribution in [0.5, 0.6) is 0 Å². The van der Waals surface area contributed by atoms with Crippen molar-refractivity contribution in [1.82, 2.24) is 9.13 Å². The summed E-state index contributed by atoms with van der Waals surface area (Å²) in [6, 6.07) is 122. The molecule has 0 bridgehead atoms. The average Bonchev–Trinajstić information content (AvgIpc) is 1.53. The number of benzene rings is 16. The van der Waals surface area contributed by atoms with Crippen LogP contribution in [-0.4, -0.2) is 9.13 Å². The van der Waals surface area contributed by atoms with Gasteiger partial charge in [-0.3, -0.25) is 0 Å². The van der Waals surface area contributed by atoms with E-state index >= 15 is 0 Å². The first kappa shape index (κ1) is 53.3. The fraction of sp³-hybridized carbons (Fsp3) is 0.0108. The van der Waals surface area contributed by atoms with E-state index < -0.39 is 5.41 Å². The Kier molecular flexibility index (Phi) is 11.7. The van der Waals surface area contributed by atoms with E-state index in [-0.39, 0.29) is 0 Å². The molecule has 18 aromatic rings. The number of hydrogen-bond acceptors (Lipinski definition) is 0. The van der Waals surface area contributed by atoms with Gasteiger partial charge in [-0.05, 0) is 229 Å². The maximum absolute atomic E-state index is 2.47. The maximum Gasteiger partial charge on any atom is 0.0725 e. The molecule has 20 rings (SSSR count). The summed E-state index contributed by atoms with van der Waals surface area (Å²) in [7, 11) is 0. The van der Waals surface area contributed by atoms with Gasteiger partial charge in [0.1, 0.15) is 0 Å². The van der Waals surface area contributed by atoms with Crippen LogP contribution < -0.4 is 0 Å². The molecule has 2 aliphatic rings. The summed E-state index contributed by atoms with van der Waals surface area (Å²) < 4.78 is 4.82. The third-order valence-corrected chi connectivity index (χ3v) is 20.8. The van der Waals surface area contributed by atoms with Crippen molar-refractivity contribution in [2.24, 2.45) is 0 Å². The minimum Gasteiger partial charge on any atom is -0.309 e. The Labute approximate surface area is 550 Å². The molecule has 2 aliphatic carbocycles. The maximum atomic E-state index is 2.47. The summed E-state index contributed by atoms with van der Waals surface area (Å²) in [5.74, 6) is 0. The third-order valence-electron chi connectivity index (χ3n) is 20.8. The summed E-state index contributed by atoms with van der Waals surface area (Å²) in [5.41, 5.74) is 26.8. The molecule has 440 valence electrons. The minimum absolute atomic E-state index is 0.482. The first-order valence-electron chi connectivity index (χ1n) is 33.0. The number of hydrogen-bond donors (Lipinski definition) is 0. The average molecular weight is 1200 g/mol. The molecule has 2 aromatic heterocycles. The Morgan fingerprint density at radius 3 is 1.01 bits per heavy atom. The van der Waals surface area contributed by atoms with Crippen molar-refractivity contribution in [2.45, 2.75) is 5.41 Å². The highest BCUT2D eigenvalue weighted by Crippen LogP contribution is 2.63. The Morgan fingerprint density at radius 1 is 0.200 bits per heavy atom. The van der Waals surface area contributed by atoms with Gasteiger partial charge in [0.05, 0.1) is 27.5 Å². The highest BCUT2D eigenvalue weighted by Gasteiger charge is 2.51. The van der Waals surface area contributed by atoms with Crippen LogP contribution in [0.15, 0.2) is 328 Å². The van der Waals surface area contributed by atoms with Crippen molar-refractivity contribution in [2.75, 3.05) is 0 Å². The van der Waals surface area contributed by atoms with E-state index in [0.717, 1.165) is 0 Å². The fourth-order valence-corrected chi connectivity index (χ4v) is 16.4. The van der Waals surface area contributed by atoms with Crippen molar-refractivity contribution in [3.63, 3.8) is 0 Å². The highest BCUT2D eigenvalue weighted by molar-refractivity contribution is 6.13. The molecule has 0 amide bonds. The zero-order chi connectivity index (χ0) is 62.3. The molecule has 16 aromatic carbocycles. The van der Waals surface area contributed by atoms with Crippen LogP contribution in [-0.2, 0) is 5.41 Å². The molecule has 0 saturated carbocycles. The standard InChI is InChI=1S/C93H58N2/c1-3-15-65-55-75(43-39-63(65)13-1)94-89-23-11-7-19-81(89)83-57-73(41-47-91(83)94)71-37-35-67-49-59(29-33-69(67)53-71)25-27-61-31-45-79-80-46-32-62(52-88(80)93(87(79)51-61)85-21-9-5-17-77(85)78-18-6-10-22-86(78)93)28-26-60-30-34-70-54-72(38-36-68(70)50-60)74-42-48-92-84(58-74)82-20-8-12-24-90(82)95(92)76-44-40-64-14-2-4-16-66(64)56-76/h1-58H. The molecule has 1 spiro atoms. The molecule has 2 heterocycles. The van der Waals surface area contributed by atoms with Gasteiger partial charge in [-0.15, -0.1) is 0 Å².